The van der Waals surface area contributed by atoms with Crippen molar-refractivity contribution in [3.8, 4) is 11.1 Å². The molecule has 1 aliphatic heterocycles. The summed E-state index contributed by atoms with van der Waals surface area (Å²) in [6.45, 7) is 10.8. The molecule has 0 bridgehead atoms. The van der Waals surface area contributed by atoms with Gasteiger partial charge in [0.05, 0.1) is 30.8 Å². The average Bonchev–Trinajstić information content (AvgIpc) is 3.40. The van der Waals surface area contributed by atoms with E-state index in [2.05, 4.69) is 30.5 Å². The van der Waals surface area contributed by atoms with E-state index < -0.39 is 16.0 Å². The molecule has 11 heteroatoms. The molecule has 10 nitrogen and oxygen atoms in total. The fourth-order valence-electron chi connectivity index (χ4n) is 5.38. The van der Waals surface area contributed by atoms with Crippen LogP contribution in [-0.2, 0) is 24.9 Å². The van der Waals surface area contributed by atoms with Crippen LogP contribution in [0.3, 0.4) is 0 Å². The summed E-state index contributed by atoms with van der Waals surface area (Å²) in [6.07, 6.45) is 0. The number of carbonyl (C=O) groups is 2. The number of hydrogen-bond donors (Lipinski definition) is 2. The lowest BCUT2D eigenvalue weighted by Crippen LogP contribution is -2.51. The lowest BCUT2D eigenvalue weighted by atomic mass is 9.87. The third kappa shape index (κ3) is 6.35. The fraction of sp³-hybridized carbons (Fsp3) is 0.333. The predicted molar refractivity (Wildman–Crippen MR) is 170 cm³/mol. The number of H-pyrrole nitrogens is 1. The Morgan fingerprint density at radius 3 is 2.36 bits per heavy atom. The van der Waals surface area contributed by atoms with Crippen LogP contribution in [0.2, 0.25) is 0 Å². The van der Waals surface area contributed by atoms with Gasteiger partial charge in [0.15, 0.2) is 0 Å². The second-order valence-corrected chi connectivity index (χ2v) is 13.4. The van der Waals surface area contributed by atoms with E-state index in [-0.39, 0.29) is 16.2 Å². The smallest absolute Gasteiger partial charge is 0.337 e. The van der Waals surface area contributed by atoms with Crippen molar-refractivity contribution in [1.82, 2.24) is 15.0 Å². The topological polar surface area (TPSA) is 121 Å². The molecule has 0 spiro atoms. The molecule has 1 aromatic heterocycles. The van der Waals surface area contributed by atoms with E-state index in [1.54, 1.807) is 53.5 Å². The second kappa shape index (κ2) is 12.4. The number of hydrazine groups is 1. The number of hydrogen-bond acceptors (Lipinski definition) is 7. The maximum atomic E-state index is 14.1. The number of anilines is 1. The van der Waals surface area contributed by atoms with Gasteiger partial charge in [0.25, 0.3) is 15.9 Å². The summed E-state index contributed by atoms with van der Waals surface area (Å²) in [7, 11) is -2.59. The molecule has 0 radical (unpaired) electrons. The Kier molecular flexibility index (Phi) is 8.83. The number of sulfonamides is 1. The average molecular weight is 619 g/mol. The molecular weight excluding hydrogens is 580 g/mol. The summed E-state index contributed by atoms with van der Waals surface area (Å²) >= 11 is 0. The third-order valence-electron chi connectivity index (χ3n) is 7.73. The van der Waals surface area contributed by atoms with Gasteiger partial charge in [-0.25, -0.2) is 18.2 Å². The number of esters is 1. The van der Waals surface area contributed by atoms with E-state index in [0.29, 0.717) is 71.8 Å². The van der Waals surface area contributed by atoms with Gasteiger partial charge in [-0.3, -0.25) is 14.5 Å². The normalized spacial score (nSPS) is 14.4. The molecule has 3 aromatic carbocycles. The third-order valence-corrected chi connectivity index (χ3v) is 9.13. The zero-order valence-corrected chi connectivity index (χ0v) is 26.5. The molecule has 0 atom stereocenters. The van der Waals surface area contributed by atoms with Gasteiger partial charge in [-0.2, -0.15) is 0 Å². The first-order valence-corrected chi connectivity index (χ1v) is 16.0. The Bertz CT molecular complexity index is 1790. The van der Waals surface area contributed by atoms with E-state index in [1.165, 1.54) is 7.11 Å². The van der Waals surface area contributed by atoms with Gasteiger partial charge in [-0.1, -0.05) is 45.0 Å². The standard InChI is InChI=1S/C33H38N4O6S/c1-6-37(36-16-18-43-19-17-36)31(38)30-29(22-8-7-9-23(20-22)32(39)42-5)27-21-25(12-15-28(27)34-30)35-44(40,41)26-13-10-24(11-14-26)33(2,3)4/h7-15,20-21,34-35H,6,16-19H2,1-5H3. The highest BCUT2D eigenvalue weighted by molar-refractivity contribution is 7.92. The Morgan fingerprint density at radius 2 is 1.73 bits per heavy atom. The molecule has 232 valence electrons. The number of aromatic nitrogens is 1. The van der Waals surface area contributed by atoms with Crippen LogP contribution in [0, 0.1) is 0 Å². The highest BCUT2D eigenvalue weighted by atomic mass is 32.2. The SMILES string of the molecule is CCN(C(=O)c1[nH]c2ccc(NS(=O)(=O)c3ccc(C(C)(C)C)cc3)cc2c1-c1cccc(C(=O)OC)c1)N1CCOCC1. The lowest BCUT2D eigenvalue weighted by molar-refractivity contribution is -0.0677. The molecule has 0 saturated carbocycles. The van der Waals surface area contributed by atoms with Crippen molar-refractivity contribution < 1.29 is 27.5 Å². The zero-order valence-electron chi connectivity index (χ0n) is 25.6. The molecule has 2 N–H and O–H groups in total. The summed E-state index contributed by atoms with van der Waals surface area (Å²) in [5, 5.41) is 4.28. The van der Waals surface area contributed by atoms with E-state index in [9.17, 15) is 18.0 Å². The number of methoxy groups -OCH3 is 1. The van der Waals surface area contributed by atoms with Gasteiger partial charge in [-0.15, -0.1) is 0 Å². The van der Waals surface area contributed by atoms with Crippen LogP contribution in [0.15, 0.2) is 71.6 Å². The maximum Gasteiger partial charge on any atom is 0.337 e. The quantitative estimate of drug-likeness (QED) is 0.253. The van der Waals surface area contributed by atoms with Crippen molar-refractivity contribution in [3.63, 3.8) is 0 Å². The highest BCUT2D eigenvalue weighted by Gasteiger charge is 2.29. The van der Waals surface area contributed by atoms with Crippen LogP contribution in [0.25, 0.3) is 22.0 Å². The van der Waals surface area contributed by atoms with Crippen molar-refractivity contribution in [2.45, 2.75) is 38.0 Å². The summed E-state index contributed by atoms with van der Waals surface area (Å²) in [5.74, 6) is -0.751. The molecule has 1 aliphatic rings. The first kappa shape index (κ1) is 31.2. The van der Waals surface area contributed by atoms with Crippen LogP contribution in [0.4, 0.5) is 5.69 Å². The molecule has 44 heavy (non-hydrogen) atoms. The molecule has 2 heterocycles. The van der Waals surface area contributed by atoms with Crippen LogP contribution in [0.1, 0.15) is 54.1 Å². The summed E-state index contributed by atoms with van der Waals surface area (Å²) < 4.78 is 39.9. The maximum absolute atomic E-state index is 14.1. The van der Waals surface area contributed by atoms with Crippen molar-refractivity contribution >= 4 is 38.5 Å². The van der Waals surface area contributed by atoms with E-state index >= 15 is 0 Å². The van der Waals surface area contributed by atoms with Crippen LogP contribution in [0.5, 0.6) is 0 Å². The number of ether oxygens (including phenoxy) is 2. The number of aromatic amines is 1. The molecule has 4 aromatic rings. The summed E-state index contributed by atoms with van der Waals surface area (Å²) in [5.41, 5.74) is 3.71. The Labute approximate surface area is 258 Å². The zero-order chi connectivity index (χ0) is 31.6. The first-order chi connectivity index (χ1) is 20.9. The predicted octanol–water partition coefficient (Wildman–Crippen LogP) is 5.43. The molecule has 1 saturated heterocycles. The van der Waals surface area contributed by atoms with Crippen LogP contribution >= 0.6 is 0 Å². The Morgan fingerprint density at radius 1 is 1.02 bits per heavy atom. The molecule has 0 unspecified atom stereocenters. The van der Waals surface area contributed by atoms with Gasteiger partial charge >= 0.3 is 5.97 Å². The number of benzene rings is 3. The second-order valence-electron chi connectivity index (χ2n) is 11.7. The highest BCUT2D eigenvalue weighted by Crippen LogP contribution is 2.36. The van der Waals surface area contributed by atoms with E-state index in [1.807, 2.05) is 30.1 Å². The van der Waals surface area contributed by atoms with E-state index in [0.717, 1.165) is 5.56 Å². The summed E-state index contributed by atoms with van der Waals surface area (Å²) in [4.78, 5) is 29.9. The van der Waals surface area contributed by atoms with Crippen LogP contribution < -0.4 is 4.72 Å². The Hall–Kier alpha value is -4.19. The minimum absolute atomic E-state index is 0.110. The van der Waals surface area contributed by atoms with Gasteiger partial charge in [-0.05, 0) is 65.9 Å². The fourth-order valence-corrected chi connectivity index (χ4v) is 6.43. The number of morpholine rings is 1. The Balaban J connectivity index is 1.59. The van der Waals surface area contributed by atoms with E-state index in [4.69, 9.17) is 9.47 Å². The lowest BCUT2D eigenvalue weighted by Gasteiger charge is -2.36. The van der Waals surface area contributed by atoms with Crippen molar-refractivity contribution in [3.05, 3.63) is 83.6 Å². The molecule has 1 fully saturated rings. The number of nitrogens with zero attached hydrogens (tertiary/aromatic N) is 2. The number of rotatable bonds is 8. The number of fused-ring (bicyclic) bond motifs is 1. The monoisotopic (exact) mass is 618 g/mol. The van der Waals surface area contributed by atoms with Crippen LogP contribution in [-0.4, -0.2) is 75.3 Å². The van der Waals surface area contributed by atoms with Crippen molar-refractivity contribution in [1.29, 1.82) is 0 Å². The van der Waals surface area contributed by atoms with Crippen molar-refractivity contribution in [2.24, 2.45) is 0 Å². The largest absolute Gasteiger partial charge is 0.465 e. The summed E-state index contributed by atoms with van der Waals surface area (Å²) in [6, 6.07) is 18.8. The minimum Gasteiger partial charge on any atom is -0.465 e. The van der Waals surface area contributed by atoms with Gasteiger partial charge in [0.2, 0.25) is 0 Å². The number of carbonyl (C=O) groups excluding carboxylic acids is 2. The molecule has 5 rings (SSSR count). The van der Waals surface area contributed by atoms with Gasteiger partial charge in [0, 0.05) is 41.8 Å². The van der Waals surface area contributed by atoms with Gasteiger partial charge < -0.3 is 14.5 Å². The molecule has 0 aliphatic carbocycles. The number of amides is 1. The number of nitrogens with one attached hydrogen (secondary N) is 2. The molecular formula is C33H38N4O6S. The van der Waals surface area contributed by atoms with Gasteiger partial charge in [0.1, 0.15) is 5.69 Å². The molecule has 1 amide bonds. The first-order valence-electron chi connectivity index (χ1n) is 14.5. The van der Waals surface area contributed by atoms with Crippen molar-refractivity contribution in [2.75, 3.05) is 44.7 Å². The minimum atomic E-state index is -3.90.